The Balaban J connectivity index is 2.65. The standard InChI is InChI=1S/C15H20O4/c1-10(2)13(11(3)14(16)17)15(18)19-9-12-7-5-4-6-8-12/h4-8,10-11,13H,9H2,1-3H3,(H,16,17)/t11-,13?/m1/s1. The predicted molar refractivity (Wildman–Crippen MR) is 71.4 cm³/mol. The number of esters is 1. The van der Waals surface area contributed by atoms with Crippen molar-refractivity contribution in [3.05, 3.63) is 35.9 Å². The van der Waals surface area contributed by atoms with Crippen LogP contribution in [0.2, 0.25) is 0 Å². The van der Waals surface area contributed by atoms with Crippen LogP contribution in [-0.2, 0) is 20.9 Å². The summed E-state index contributed by atoms with van der Waals surface area (Å²) in [4.78, 5) is 23.0. The fourth-order valence-corrected chi connectivity index (χ4v) is 2.03. The molecule has 0 saturated heterocycles. The molecule has 0 aromatic heterocycles. The first-order valence-corrected chi connectivity index (χ1v) is 6.36. The number of rotatable bonds is 6. The molecule has 1 aromatic rings. The van der Waals surface area contributed by atoms with Gasteiger partial charge in [-0.3, -0.25) is 9.59 Å². The van der Waals surface area contributed by atoms with Crippen molar-refractivity contribution in [2.45, 2.75) is 27.4 Å². The minimum absolute atomic E-state index is 0.0747. The summed E-state index contributed by atoms with van der Waals surface area (Å²) in [6.45, 7) is 5.37. The number of carboxylic acids is 1. The van der Waals surface area contributed by atoms with Gasteiger partial charge in [0.25, 0.3) is 0 Å². The highest BCUT2D eigenvalue weighted by molar-refractivity contribution is 5.81. The van der Waals surface area contributed by atoms with Gasteiger partial charge >= 0.3 is 11.9 Å². The zero-order chi connectivity index (χ0) is 14.4. The molecule has 104 valence electrons. The topological polar surface area (TPSA) is 63.6 Å². The van der Waals surface area contributed by atoms with Gasteiger partial charge in [0.05, 0.1) is 11.8 Å². The first-order valence-electron chi connectivity index (χ1n) is 6.36. The molecule has 4 nitrogen and oxygen atoms in total. The van der Waals surface area contributed by atoms with Crippen molar-refractivity contribution < 1.29 is 19.4 Å². The summed E-state index contributed by atoms with van der Waals surface area (Å²) < 4.78 is 5.22. The number of carbonyl (C=O) groups excluding carboxylic acids is 1. The third-order valence-electron chi connectivity index (χ3n) is 3.14. The van der Waals surface area contributed by atoms with E-state index < -0.39 is 23.8 Å². The van der Waals surface area contributed by atoms with Gasteiger partial charge in [-0.2, -0.15) is 0 Å². The highest BCUT2D eigenvalue weighted by atomic mass is 16.5. The van der Waals surface area contributed by atoms with Crippen molar-refractivity contribution >= 4 is 11.9 Å². The van der Waals surface area contributed by atoms with Crippen LogP contribution in [-0.4, -0.2) is 17.0 Å². The average Bonchev–Trinajstić information content (AvgIpc) is 2.37. The second kappa shape index (κ2) is 6.92. The van der Waals surface area contributed by atoms with Gasteiger partial charge < -0.3 is 9.84 Å². The monoisotopic (exact) mass is 264 g/mol. The second-order valence-corrected chi connectivity index (χ2v) is 4.99. The van der Waals surface area contributed by atoms with E-state index in [4.69, 9.17) is 9.84 Å². The average molecular weight is 264 g/mol. The van der Waals surface area contributed by atoms with Crippen molar-refractivity contribution in [3.8, 4) is 0 Å². The van der Waals surface area contributed by atoms with Crippen molar-refractivity contribution in [3.63, 3.8) is 0 Å². The normalized spacial score (nSPS) is 13.9. The Bertz CT molecular complexity index is 425. The molecule has 1 aromatic carbocycles. The predicted octanol–water partition coefficient (Wildman–Crippen LogP) is 2.72. The zero-order valence-electron chi connectivity index (χ0n) is 11.5. The van der Waals surface area contributed by atoms with Crippen LogP contribution in [0.1, 0.15) is 26.3 Å². The van der Waals surface area contributed by atoms with Crippen LogP contribution < -0.4 is 0 Å². The Hall–Kier alpha value is -1.84. The summed E-state index contributed by atoms with van der Waals surface area (Å²) in [5, 5.41) is 9.03. The Morgan fingerprint density at radius 3 is 2.21 bits per heavy atom. The van der Waals surface area contributed by atoms with Crippen LogP contribution in [0.25, 0.3) is 0 Å². The van der Waals surface area contributed by atoms with Crippen LogP contribution in [0, 0.1) is 17.8 Å². The Labute approximate surface area is 113 Å². The number of aliphatic carboxylic acids is 1. The molecule has 0 aliphatic heterocycles. The van der Waals surface area contributed by atoms with Gasteiger partial charge in [0.15, 0.2) is 0 Å². The highest BCUT2D eigenvalue weighted by Gasteiger charge is 2.33. The van der Waals surface area contributed by atoms with Crippen molar-refractivity contribution in [1.29, 1.82) is 0 Å². The van der Waals surface area contributed by atoms with E-state index in [0.717, 1.165) is 5.56 Å². The molecule has 2 atom stereocenters. The Morgan fingerprint density at radius 2 is 1.74 bits per heavy atom. The lowest BCUT2D eigenvalue weighted by Gasteiger charge is -2.22. The lowest BCUT2D eigenvalue weighted by atomic mass is 9.84. The lowest BCUT2D eigenvalue weighted by Crippen LogP contribution is -2.33. The van der Waals surface area contributed by atoms with E-state index in [1.807, 2.05) is 44.2 Å². The first-order chi connectivity index (χ1) is 8.93. The number of carboxylic acid groups (broad SMARTS) is 1. The molecule has 1 unspecified atom stereocenters. The third kappa shape index (κ3) is 4.39. The van der Waals surface area contributed by atoms with Crippen LogP contribution in [0.3, 0.4) is 0 Å². The van der Waals surface area contributed by atoms with Crippen molar-refractivity contribution in [2.75, 3.05) is 0 Å². The quantitative estimate of drug-likeness (QED) is 0.802. The van der Waals surface area contributed by atoms with Gasteiger partial charge in [-0.25, -0.2) is 0 Å². The van der Waals surface area contributed by atoms with E-state index in [9.17, 15) is 9.59 Å². The molecule has 0 bridgehead atoms. The minimum Gasteiger partial charge on any atom is -0.481 e. The SMILES string of the molecule is CC(C)C(C(=O)OCc1ccccc1)[C@@H](C)C(=O)O. The van der Waals surface area contributed by atoms with E-state index in [1.165, 1.54) is 6.92 Å². The number of ether oxygens (including phenoxy) is 1. The lowest BCUT2D eigenvalue weighted by molar-refractivity contribution is -0.160. The Kier molecular flexibility index (Phi) is 5.55. The molecule has 1 N–H and O–H groups in total. The maximum Gasteiger partial charge on any atom is 0.310 e. The first kappa shape index (κ1) is 15.2. The smallest absolute Gasteiger partial charge is 0.310 e. The van der Waals surface area contributed by atoms with Gasteiger partial charge in [0, 0.05) is 0 Å². The third-order valence-corrected chi connectivity index (χ3v) is 3.14. The maximum absolute atomic E-state index is 12.0. The van der Waals surface area contributed by atoms with Gasteiger partial charge in [0.2, 0.25) is 0 Å². The molecule has 0 fully saturated rings. The highest BCUT2D eigenvalue weighted by Crippen LogP contribution is 2.23. The molecule has 0 amide bonds. The second-order valence-electron chi connectivity index (χ2n) is 4.99. The van der Waals surface area contributed by atoms with E-state index in [0.29, 0.717) is 0 Å². The molecule has 0 spiro atoms. The zero-order valence-corrected chi connectivity index (χ0v) is 11.5. The number of hydrogen-bond acceptors (Lipinski definition) is 3. The van der Waals surface area contributed by atoms with E-state index >= 15 is 0 Å². The summed E-state index contributed by atoms with van der Waals surface area (Å²) in [5.41, 5.74) is 0.890. The van der Waals surface area contributed by atoms with Gasteiger partial charge in [-0.1, -0.05) is 51.1 Å². The molecule has 0 radical (unpaired) electrons. The van der Waals surface area contributed by atoms with E-state index in [2.05, 4.69) is 0 Å². The fourth-order valence-electron chi connectivity index (χ4n) is 2.03. The fraction of sp³-hybridized carbons (Fsp3) is 0.467. The summed E-state index contributed by atoms with van der Waals surface area (Å²) in [6.07, 6.45) is 0. The molecule has 4 heteroatoms. The minimum atomic E-state index is -0.977. The summed E-state index contributed by atoms with van der Waals surface area (Å²) in [7, 11) is 0. The van der Waals surface area contributed by atoms with Gasteiger partial charge in [-0.05, 0) is 11.5 Å². The molecule has 1 rings (SSSR count). The van der Waals surface area contributed by atoms with Crippen molar-refractivity contribution in [2.24, 2.45) is 17.8 Å². The van der Waals surface area contributed by atoms with E-state index in [-0.39, 0.29) is 12.5 Å². The number of hydrogen-bond donors (Lipinski definition) is 1. The summed E-state index contributed by atoms with van der Waals surface area (Å²) >= 11 is 0. The van der Waals surface area contributed by atoms with Gasteiger partial charge in [-0.15, -0.1) is 0 Å². The summed E-state index contributed by atoms with van der Waals surface area (Å²) in [6, 6.07) is 9.33. The molecular formula is C15H20O4. The van der Waals surface area contributed by atoms with E-state index in [1.54, 1.807) is 0 Å². The maximum atomic E-state index is 12.0. The number of benzene rings is 1. The molecule has 0 heterocycles. The van der Waals surface area contributed by atoms with Crippen molar-refractivity contribution in [1.82, 2.24) is 0 Å². The van der Waals surface area contributed by atoms with Crippen LogP contribution in [0.15, 0.2) is 30.3 Å². The molecular weight excluding hydrogens is 244 g/mol. The van der Waals surface area contributed by atoms with Crippen LogP contribution >= 0.6 is 0 Å². The molecule has 0 aliphatic carbocycles. The molecule has 19 heavy (non-hydrogen) atoms. The Morgan fingerprint density at radius 1 is 1.16 bits per heavy atom. The molecule has 0 saturated carbocycles. The van der Waals surface area contributed by atoms with Gasteiger partial charge in [0.1, 0.15) is 6.61 Å². The molecule has 0 aliphatic rings. The van der Waals surface area contributed by atoms with Crippen LogP contribution in [0.5, 0.6) is 0 Å². The number of carbonyl (C=O) groups is 2. The largest absolute Gasteiger partial charge is 0.481 e. The van der Waals surface area contributed by atoms with Crippen LogP contribution in [0.4, 0.5) is 0 Å². The summed E-state index contributed by atoms with van der Waals surface area (Å²) in [5.74, 6) is -2.87.